The second-order valence-corrected chi connectivity index (χ2v) is 5.52. The zero-order chi connectivity index (χ0) is 15.6. The average Bonchev–Trinajstić information content (AvgIpc) is 2.44. The lowest BCUT2D eigenvalue weighted by Crippen LogP contribution is -2.22. The monoisotopic (exact) mass is 404 g/mol. The Bertz CT molecular complexity index is 758. The van der Waals surface area contributed by atoms with E-state index in [2.05, 4.69) is 0 Å². The molecule has 0 atom stereocenters. The Kier molecular flexibility index (Phi) is 4.94. The number of nitrogens with zero attached hydrogens (tertiary/aromatic N) is 1. The van der Waals surface area contributed by atoms with Gasteiger partial charge in [0, 0.05) is 28.2 Å². The number of halogens is 2. The molecule has 0 bridgehead atoms. The van der Waals surface area contributed by atoms with Crippen molar-refractivity contribution in [3.63, 3.8) is 0 Å². The number of hydrogen-bond donors (Lipinski definition) is 1. The topological polar surface area (TPSA) is 74.3 Å². The highest BCUT2D eigenvalue weighted by Crippen LogP contribution is 2.19. The molecule has 1 aromatic carbocycles. The molecule has 2 aromatic rings. The minimum atomic E-state index is -0.686. The maximum absolute atomic E-state index is 13.7. The van der Waals surface area contributed by atoms with Crippen molar-refractivity contribution in [2.24, 2.45) is 5.73 Å². The molecule has 7 heteroatoms. The summed E-state index contributed by atoms with van der Waals surface area (Å²) in [7, 11) is 0. The number of esters is 1. The lowest BCUT2D eigenvalue weighted by Gasteiger charge is -2.12. The number of carbonyl (C=O) groups is 1. The van der Waals surface area contributed by atoms with Crippen LogP contribution in [0.25, 0.3) is 10.9 Å². The van der Waals surface area contributed by atoms with Crippen molar-refractivity contribution in [1.29, 1.82) is 0 Å². The summed E-state index contributed by atoms with van der Waals surface area (Å²) in [5.74, 6) is -1.10. The molecule has 5 nitrogen and oxygen atoms in total. The van der Waals surface area contributed by atoms with E-state index in [1.54, 1.807) is 34.1 Å². The van der Waals surface area contributed by atoms with Crippen molar-refractivity contribution < 1.29 is 13.9 Å². The maximum atomic E-state index is 13.7. The molecule has 112 valence electrons. The summed E-state index contributed by atoms with van der Waals surface area (Å²) in [6.07, 6.45) is 1.38. The van der Waals surface area contributed by atoms with Crippen LogP contribution in [-0.2, 0) is 11.3 Å². The Balaban J connectivity index is 2.79. The molecular weight excluding hydrogens is 390 g/mol. The van der Waals surface area contributed by atoms with Gasteiger partial charge in [0.2, 0.25) is 5.43 Å². The van der Waals surface area contributed by atoms with Crippen molar-refractivity contribution in [2.45, 2.75) is 13.5 Å². The van der Waals surface area contributed by atoms with Crippen molar-refractivity contribution in [3.8, 4) is 0 Å². The zero-order valence-corrected chi connectivity index (χ0v) is 13.5. The first-order valence-corrected chi connectivity index (χ1v) is 7.46. The van der Waals surface area contributed by atoms with E-state index < -0.39 is 17.2 Å². The molecule has 0 unspecified atom stereocenters. The quantitative estimate of drug-likeness (QED) is 0.624. The Labute approximate surface area is 134 Å². The highest BCUT2D eigenvalue weighted by molar-refractivity contribution is 14.1. The molecule has 0 fully saturated rings. The standard InChI is InChI=1S/C14H14FIN2O3/c1-2-21-14(20)9-7-18(4-3-17)12-6-10(15)11(16)5-8(12)13(9)19/h5-7H,2-4,17H2,1H3. The van der Waals surface area contributed by atoms with Crippen LogP contribution < -0.4 is 11.2 Å². The van der Waals surface area contributed by atoms with E-state index in [9.17, 15) is 14.0 Å². The van der Waals surface area contributed by atoms with Crippen LogP contribution in [0.4, 0.5) is 4.39 Å². The smallest absolute Gasteiger partial charge is 0.343 e. The van der Waals surface area contributed by atoms with Crippen LogP contribution >= 0.6 is 22.6 Å². The van der Waals surface area contributed by atoms with Gasteiger partial charge in [-0.2, -0.15) is 0 Å². The number of ether oxygens (including phenoxy) is 1. The van der Waals surface area contributed by atoms with E-state index in [-0.39, 0.29) is 17.6 Å². The molecule has 21 heavy (non-hydrogen) atoms. The highest BCUT2D eigenvalue weighted by Gasteiger charge is 2.17. The second-order valence-electron chi connectivity index (χ2n) is 4.36. The molecule has 0 aliphatic carbocycles. The number of carbonyl (C=O) groups excluding carboxylic acids is 1. The molecular formula is C14H14FIN2O3. The third kappa shape index (κ3) is 3.08. The van der Waals surface area contributed by atoms with Gasteiger partial charge in [0.1, 0.15) is 11.4 Å². The fourth-order valence-electron chi connectivity index (χ4n) is 2.06. The Morgan fingerprint density at radius 2 is 2.19 bits per heavy atom. The molecule has 2 N–H and O–H groups in total. The van der Waals surface area contributed by atoms with Gasteiger partial charge in [-0.15, -0.1) is 0 Å². The number of hydrogen-bond acceptors (Lipinski definition) is 4. The van der Waals surface area contributed by atoms with Crippen molar-refractivity contribution in [1.82, 2.24) is 4.57 Å². The lowest BCUT2D eigenvalue weighted by atomic mass is 10.1. The first kappa shape index (κ1) is 15.9. The summed E-state index contributed by atoms with van der Waals surface area (Å²) in [4.78, 5) is 24.3. The Morgan fingerprint density at radius 3 is 2.81 bits per heavy atom. The molecule has 1 heterocycles. The van der Waals surface area contributed by atoms with Crippen molar-refractivity contribution >= 4 is 39.5 Å². The minimum Gasteiger partial charge on any atom is -0.462 e. The van der Waals surface area contributed by atoms with Crippen LogP contribution in [0, 0.1) is 9.39 Å². The van der Waals surface area contributed by atoms with Gasteiger partial charge in [-0.1, -0.05) is 0 Å². The van der Waals surface area contributed by atoms with Crippen LogP contribution in [0.1, 0.15) is 17.3 Å². The van der Waals surface area contributed by atoms with Crippen LogP contribution in [0.15, 0.2) is 23.1 Å². The van der Waals surface area contributed by atoms with E-state index in [4.69, 9.17) is 10.5 Å². The molecule has 0 spiro atoms. The van der Waals surface area contributed by atoms with Gasteiger partial charge in [0.15, 0.2) is 0 Å². The number of nitrogens with two attached hydrogens (primary N) is 1. The Morgan fingerprint density at radius 1 is 1.48 bits per heavy atom. The molecule has 0 amide bonds. The average molecular weight is 404 g/mol. The Hall–Kier alpha value is -1.48. The second kappa shape index (κ2) is 6.52. The van der Waals surface area contributed by atoms with E-state index in [1.807, 2.05) is 0 Å². The molecule has 0 saturated heterocycles. The summed E-state index contributed by atoms with van der Waals surface area (Å²) in [6, 6.07) is 2.71. The highest BCUT2D eigenvalue weighted by atomic mass is 127. The summed E-state index contributed by atoms with van der Waals surface area (Å²) in [5.41, 5.74) is 5.41. The SMILES string of the molecule is CCOC(=O)c1cn(CCN)c2cc(F)c(I)cc2c1=O. The predicted molar refractivity (Wildman–Crippen MR) is 85.9 cm³/mol. The van der Waals surface area contributed by atoms with Crippen LogP contribution in [0.3, 0.4) is 0 Å². The molecule has 0 radical (unpaired) electrons. The molecule has 1 aromatic heterocycles. The predicted octanol–water partition coefficient (Wildman–Crippen LogP) is 1.88. The zero-order valence-electron chi connectivity index (χ0n) is 11.4. The molecule has 2 rings (SSSR count). The van der Waals surface area contributed by atoms with E-state index >= 15 is 0 Å². The first-order valence-electron chi connectivity index (χ1n) is 6.39. The van der Waals surface area contributed by atoms with Gasteiger partial charge >= 0.3 is 5.97 Å². The molecule has 0 saturated carbocycles. The number of rotatable bonds is 4. The van der Waals surface area contributed by atoms with Gasteiger partial charge < -0.3 is 15.0 Å². The summed E-state index contributed by atoms with van der Waals surface area (Å²) >= 11 is 1.80. The van der Waals surface area contributed by atoms with E-state index in [0.29, 0.717) is 22.2 Å². The van der Waals surface area contributed by atoms with Gasteiger partial charge in [-0.25, -0.2) is 9.18 Å². The number of benzene rings is 1. The van der Waals surface area contributed by atoms with Gasteiger partial charge in [0.05, 0.1) is 12.1 Å². The van der Waals surface area contributed by atoms with Gasteiger partial charge in [-0.3, -0.25) is 4.79 Å². The van der Waals surface area contributed by atoms with Gasteiger partial charge in [-0.05, 0) is 41.6 Å². The van der Waals surface area contributed by atoms with E-state index in [1.165, 1.54) is 18.3 Å². The molecule has 0 aliphatic rings. The summed E-state index contributed by atoms with van der Waals surface area (Å²) in [6.45, 7) is 2.50. The maximum Gasteiger partial charge on any atom is 0.343 e. The summed E-state index contributed by atoms with van der Waals surface area (Å²) < 4.78 is 20.5. The minimum absolute atomic E-state index is 0.0693. The molecule has 0 aliphatic heterocycles. The van der Waals surface area contributed by atoms with E-state index in [0.717, 1.165) is 0 Å². The fraction of sp³-hybridized carbons (Fsp3) is 0.286. The third-order valence-corrected chi connectivity index (χ3v) is 3.81. The number of aromatic nitrogens is 1. The summed E-state index contributed by atoms with van der Waals surface area (Å²) in [5, 5.41) is 0.278. The largest absolute Gasteiger partial charge is 0.462 e. The fourth-order valence-corrected chi connectivity index (χ4v) is 2.53. The lowest BCUT2D eigenvalue weighted by molar-refractivity contribution is 0.0524. The first-order chi connectivity index (χ1) is 9.99. The van der Waals surface area contributed by atoms with Crippen LogP contribution in [0.5, 0.6) is 0 Å². The number of fused-ring (bicyclic) bond motifs is 1. The third-order valence-electron chi connectivity index (χ3n) is 2.99. The number of pyridine rings is 1. The van der Waals surface area contributed by atoms with Gasteiger partial charge in [0.25, 0.3) is 0 Å². The van der Waals surface area contributed by atoms with Crippen LogP contribution in [-0.4, -0.2) is 23.7 Å². The van der Waals surface area contributed by atoms with Crippen molar-refractivity contribution in [2.75, 3.05) is 13.2 Å². The van der Waals surface area contributed by atoms with Crippen LogP contribution in [0.2, 0.25) is 0 Å². The van der Waals surface area contributed by atoms with Crippen molar-refractivity contribution in [3.05, 3.63) is 43.5 Å². The normalized spacial score (nSPS) is 10.9.